The first-order chi connectivity index (χ1) is 3.22. The Labute approximate surface area is 56.6 Å². The van der Waals surface area contributed by atoms with E-state index in [0.717, 1.165) is 6.54 Å². The molecule has 2 unspecified atom stereocenters. The van der Waals surface area contributed by atoms with Crippen molar-refractivity contribution in [2.75, 3.05) is 13.6 Å². The molecular formula is C4H8INO. The SMILES string of the molecule is CN1CC(I)C1O. The highest BCUT2D eigenvalue weighted by atomic mass is 127. The first-order valence-electron chi connectivity index (χ1n) is 2.24. The lowest BCUT2D eigenvalue weighted by molar-refractivity contribution is -0.0420. The Morgan fingerprint density at radius 1 is 1.86 bits per heavy atom. The molecule has 3 heteroatoms. The van der Waals surface area contributed by atoms with E-state index in [-0.39, 0.29) is 6.23 Å². The van der Waals surface area contributed by atoms with E-state index in [1.807, 2.05) is 11.9 Å². The number of hydrogen-bond acceptors (Lipinski definition) is 2. The molecule has 1 saturated heterocycles. The van der Waals surface area contributed by atoms with Crippen molar-refractivity contribution >= 4 is 22.6 Å². The maximum Gasteiger partial charge on any atom is 0.120 e. The standard InChI is InChI=1S/C4H8INO/c1-6-2-3(5)4(6)7/h3-4,7H,2H2,1H3. The molecule has 1 fully saturated rings. The van der Waals surface area contributed by atoms with Crippen LogP contribution in [0.4, 0.5) is 0 Å². The summed E-state index contributed by atoms with van der Waals surface area (Å²) in [4.78, 5) is 1.91. The fraction of sp³-hybridized carbons (Fsp3) is 1.00. The molecule has 0 aromatic rings. The lowest BCUT2D eigenvalue weighted by atomic mass is 10.2. The number of rotatable bonds is 0. The monoisotopic (exact) mass is 213 g/mol. The molecule has 0 aromatic carbocycles. The van der Waals surface area contributed by atoms with Crippen LogP contribution in [0.15, 0.2) is 0 Å². The van der Waals surface area contributed by atoms with Gasteiger partial charge in [-0.25, -0.2) is 0 Å². The van der Waals surface area contributed by atoms with Gasteiger partial charge in [0.1, 0.15) is 6.23 Å². The highest BCUT2D eigenvalue weighted by Gasteiger charge is 2.31. The van der Waals surface area contributed by atoms with E-state index in [4.69, 9.17) is 5.11 Å². The lowest BCUT2D eigenvalue weighted by Crippen LogP contribution is -2.54. The van der Waals surface area contributed by atoms with Crippen LogP contribution < -0.4 is 0 Å². The minimum Gasteiger partial charge on any atom is -0.377 e. The van der Waals surface area contributed by atoms with Crippen molar-refractivity contribution in [3.05, 3.63) is 0 Å². The summed E-state index contributed by atoms with van der Waals surface area (Å²) in [5.41, 5.74) is 0. The summed E-state index contributed by atoms with van der Waals surface area (Å²) >= 11 is 2.24. The van der Waals surface area contributed by atoms with E-state index >= 15 is 0 Å². The van der Waals surface area contributed by atoms with Gasteiger partial charge in [-0.2, -0.15) is 0 Å². The van der Waals surface area contributed by atoms with Gasteiger partial charge in [-0.15, -0.1) is 0 Å². The summed E-state index contributed by atoms with van der Waals surface area (Å²) < 4.78 is 0.461. The van der Waals surface area contributed by atoms with Crippen LogP contribution in [0.2, 0.25) is 0 Å². The molecule has 1 heterocycles. The molecule has 42 valence electrons. The molecule has 2 atom stereocenters. The van der Waals surface area contributed by atoms with Gasteiger partial charge in [-0.1, -0.05) is 22.6 Å². The summed E-state index contributed by atoms with van der Waals surface area (Å²) in [6, 6.07) is 0. The Hall–Kier alpha value is 0.650. The van der Waals surface area contributed by atoms with Crippen molar-refractivity contribution in [3.63, 3.8) is 0 Å². The highest BCUT2D eigenvalue weighted by Crippen LogP contribution is 2.20. The van der Waals surface area contributed by atoms with Crippen LogP contribution in [0.5, 0.6) is 0 Å². The van der Waals surface area contributed by atoms with Crippen molar-refractivity contribution in [1.29, 1.82) is 0 Å². The van der Waals surface area contributed by atoms with Crippen LogP contribution in [0.25, 0.3) is 0 Å². The first kappa shape index (κ1) is 5.78. The van der Waals surface area contributed by atoms with E-state index in [9.17, 15) is 0 Å². The van der Waals surface area contributed by atoms with E-state index in [2.05, 4.69) is 22.6 Å². The third-order valence-corrected chi connectivity index (χ3v) is 2.27. The summed E-state index contributed by atoms with van der Waals surface area (Å²) in [6.45, 7) is 1.03. The zero-order valence-electron chi connectivity index (χ0n) is 4.13. The second-order valence-corrected chi connectivity index (χ2v) is 3.47. The molecule has 0 saturated carbocycles. The first-order valence-corrected chi connectivity index (χ1v) is 3.49. The Morgan fingerprint density at radius 3 is 2.43 bits per heavy atom. The number of nitrogens with zero attached hydrogens (tertiary/aromatic N) is 1. The number of aliphatic hydroxyl groups excluding tert-OH is 1. The molecule has 0 amide bonds. The molecule has 0 spiro atoms. The molecule has 0 aromatic heterocycles. The predicted octanol–water partition coefficient (Wildman–Crippen LogP) is 0.0538. The van der Waals surface area contributed by atoms with E-state index in [0.29, 0.717) is 3.92 Å². The van der Waals surface area contributed by atoms with Crippen LogP contribution in [0.3, 0.4) is 0 Å². The number of halogens is 1. The van der Waals surface area contributed by atoms with Crippen LogP contribution in [0, 0.1) is 0 Å². The van der Waals surface area contributed by atoms with Crippen LogP contribution in [0.1, 0.15) is 0 Å². The maximum atomic E-state index is 8.90. The van der Waals surface area contributed by atoms with Crippen molar-refractivity contribution < 1.29 is 5.11 Å². The molecule has 0 aliphatic carbocycles. The van der Waals surface area contributed by atoms with Crippen molar-refractivity contribution in [1.82, 2.24) is 4.90 Å². The minimum atomic E-state index is -0.180. The molecule has 1 N–H and O–H groups in total. The van der Waals surface area contributed by atoms with E-state index < -0.39 is 0 Å². The van der Waals surface area contributed by atoms with Crippen LogP contribution in [-0.4, -0.2) is 33.8 Å². The van der Waals surface area contributed by atoms with Gasteiger partial charge in [-0.3, -0.25) is 4.90 Å². The Balaban J connectivity index is 2.29. The number of aliphatic hydroxyl groups is 1. The quantitative estimate of drug-likeness (QED) is 0.454. The lowest BCUT2D eigenvalue weighted by Gasteiger charge is -2.38. The smallest absolute Gasteiger partial charge is 0.120 e. The Kier molecular flexibility index (Phi) is 1.55. The molecule has 2 nitrogen and oxygen atoms in total. The topological polar surface area (TPSA) is 23.5 Å². The molecule has 0 radical (unpaired) electrons. The molecule has 1 aliphatic rings. The van der Waals surface area contributed by atoms with Gasteiger partial charge < -0.3 is 5.11 Å². The van der Waals surface area contributed by atoms with Gasteiger partial charge in [0.05, 0.1) is 3.92 Å². The molecule has 1 aliphatic heterocycles. The summed E-state index contributed by atoms with van der Waals surface area (Å²) in [7, 11) is 1.92. The molecule has 0 bridgehead atoms. The predicted molar refractivity (Wildman–Crippen MR) is 36.4 cm³/mol. The van der Waals surface area contributed by atoms with Gasteiger partial charge in [0.25, 0.3) is 0 Å². The summed E-state index contributed by atoms with van der Waals surface area (Å²) in [5, 5.41) is 8.90. The van der Waals surface area contributed by atoms with E-state index in [1.54, 1.807) is 0 Å². The average molecular weight is 213 g/mol. The second-order valence-electron chi connectivity index (χ2n) is 1.87. The van der Waals surface area contributed by atoms with Gasteiger partial charge in [0.15, 0.2) is 0 Å². The molecule has 7 heavy (non-hydrogen) atoms. The van der Waals surface area contributed by atoms with Gasteiger partial charge >= 0.3 is 0 Å². The summed E-state index contributed by atoms with van der Waals surface area (Å²) in [5.74, 6) is 0. The largest absolute Gasteiger partial charge is 0.377 e. The molecule has 1 rings (SSSR count). The zero-order valence-corrected chi connectivity index (χ0v) is 6.29. The van der Waals surface area contributed by atoms with Crippen molar-refractivity contribution in [3.8, 4) is 0 Å². The highest BCUT2D eigenvalue weighted by molar-refractivity contribution is 14.1. The van der Waals surface area contributed by atoms with Gasteiger partial charge in [-0.05, 0) is 7.05 Å². The van der Waals surface area contributed by atoms with Crippen molar-refractivity contribution in [2.45, 2.75) is 10.2 Å². The van der Waals surface area contributed by atoms with Crippen LogP contribution >= 0.6 is 22.6 Å². The average Bonchev–Trinajstić information content (AvgIpc) is 1.68. The Morgan fingerprint density at radius 2 is 2.43 bits per heavy atom. The molecular weight excluding hydrogens is 205 g/mol. The third-order valence-electron chi connectivity index (χ3n) is 1.24. The fourth-order valence-corrected chi connectivity index (χ4v) is 1.79. The van der Waals surface area contributed by atoms with Crippen molar-refractivity contribution in [2.24, 2.45) is 0 Å². The van der Waals surface area contributed by atoms with Gasteiger partial charge in [0.2, 0.25) is 0 Å². The number of alkyl halides is 1. The minimum absolute atomic E-state index is 0.180. The van der Waals surface area contributed by atoms with Gasteiger partial charge in [0, 0.05) is 6.54 Å². The third kappa shape index (κ3) is 0.899. The number of hydrogen-bond donors (Lipinski definition) is 1. The second kappa shape index (κ2) is 1.87. The Bertz CT molecular complexity index is 70.1. The maximum absolute atomic E-state index is 8.90. The van der Waals surface area contributed by atoms with Crippen LogP contribution in [-0.2, 0) is 0 Å². The normalized spacial score (nSPS) is 43.3. The fourth-order valence-electron chi connectivity index (χ4n) is 0.616. The number of likely N-dealkylation sites (tertiary alicyclic amines) is 1. The van der Waals surface area contributed by atoms with E-state index in [1.165, 1.54) is 0 Å². The zero-order chi connectivity index (χ0) is 5.44. The summed E-state index contributed by atoms with van der Waals surface area (Å²) in [6.07, 6.45) is -0.180.